The third kappa shape index (κ3) is 2.65. The molecule has 88 valence electrons. The van der Waals surface area contributed by atoms with Crippen LogP contribution in [0.3, 0.4) is 0 Å². The average Bonchev–Trinajstić information content (AvgIpc) is 2.63. The van der Waals surface area contributed by atoms with E-state index in [0.29, 0.717) is 15.7 Å². The van der Waals surface area contributed by atoms with Crippen LogP contribution < -0.4 is 5.32 Å². The number of nitrogens with zero attached hydrogens (tertiary/aromatic N) is 1. The summed E-state index contributed by atoms with van der Waals surface area (Å²) in [7, 11) is 0. The fourth-order valence-electron chi connectivity index (χ4n) is 1.31. The van der Waals surface area contributed by atoms with Crippen LogP contribution in [0.1, 0.15) is 20.4 Å². The Labute approximate surface area is 108 Å². The summed E-state index contributed by atoms with van der Waals surface area (Å²) in [5.41, 5.74) is 1.49. The molecule has 1 N–H and O–H groups in total. The number of hydrogen-bond donors (Lipinski definition) is 1. The molecule has 0 unspecified atom stereocenters. The van der Waals surface area contributed by atoms with Crippen LogP contribution in [0.2, 0.25) is 5.02 Å². The van der Waals surface area contributed by atoms with Crippen molar-refractivity contribution in [2.75, 3.05) is 5.32 Å². The molecule has 0 aliphatic heterocycles. The molecule has 0 aliphatic carbocycles. The lowest BCUT2D eigenvalue weighted by atomic mass is 10.3. The van der Waals surface area contributed by atoms with Gasteiger partial charge in [-0.1, -0.05) is 23.7 Å². The first-order valence-electron chi connectivity index (χ1n) is 5.08. The summed E-state index contributed by atoms with van der Waals surface area (Å²) in [6.45, 7) is 3.83. The lowest BCUT2D eigenvalue weighted by molar-refractivity contribution is 0.102. The van der Waals surface area contributed by atoms with Gasteiger partial charge in [0.1, 0.15) is 0 Å². The van der Waals surface area contributed by atoms with E-state index in [0.717, 1.165) is 10.6 Å². The van der Waals surface area contributed by atoms with Crippen molar-refractivity contribution in [2.45, 2.75) is 13.8 Å². The standard InChI is InChI=1S/C12H11ClN2OS/c1-7-8(2)17-12(14-7)11(16)15-10-6-4-3-5-9(10)13/h3-6H,1-2H3,(H,15,16). The van der Waals surface area contributed by atoms with Crippen molar-refractivity contribution >= 4 is 34.5 Å². The zero-order valence-corrected chi connectivity index (χ0v) is 11.0. The highest BCUT2D eigenvalue weighted by molar-refractivity contribution is 7.13. The second-order valence-electron chi connectivity index (χ2n) is 3.59. The summed E-state index contributed by atoms with van der Waals surface area (Å²) in [5.74, 6) is -0.223. The van der Waals surface area contributed by atoms with Crippen molar-refractivity contribution in [1.29, 1.82) is 0 Å². The Morgan fingerprint density at radius 3 is 2.65 bits per heavy atom. The minimum Gasteiger partial charge on any atom is -0.319 e. The Kier molecular flexibility index (Phi) is 3.45. The monoisotopic (exact) mass is 266 g/mol. The van der Waals surface area contributed by atoms with Gasteiger partial charge in [-0.05, 0) is 26.0 Å². The van der Waals surface area contributed by atoms with E-state index >= 15 is 0 Å². The first-order valence-corrected chi connectivity index (χ1v) is 6.27. The second-order valence-corrected chi connectivity index (χ2v) is 5.20. The van der Waals surface area contributed by atoms with Crippen LogP contribution in [0.5, 0.6) is 0 Å². The number of benzene rings is 1. The third-order valence-corrected chi connectivity index (χ3v) is 3.75. The number of anilines is 1. The third-order valence-electron chi connectivity index (χ3n) is 2.34. The molecule has 0 fully saturated rings. The molecule has 1 aromatic carbocycles. The molecule has 1 aromatic heterocycles. The molecule has 0 aliphatic rings. The van der Waals surface area contributed by atoms with Crippen molar-refractivity contribution in [2.24, 2.45) is 0 Å². The van der Waals surface area contributed by atoms with Gasteiger partial charge < -0.3 is 5.32 Å². The summed E-state index contributed by atoms with van der Waals surface area (Å²) in [5, 5.41) is 3.72. The number of rotatable bonds is 2. The van der Waals surface area contributed by atoms with E-state index < -0.39 is 0 Å². The Bertz CT molecular complexity index is 546. The summed E-state index contributed by atoms with van der Waals surface area (Å²) in [6.07, 6.45) is 0. The predicted molar refractivity (Wildman–Crippen MR) is 71.0 cm³/mol. The number of carbonyl (C=O) groups excluding carboxylic acids is 1. The van der Waals surface area contributed by atoms with Gasteiger partial charge in [-0.25, -0.2) is 4.98 Å². The minimum absolute atomic E-state index is 0.223. The van der Waals surface area contributed by atoms with Gasteiger partial charge in [-0.15, -0.1) is 11.3 Å². The van der Waals surface area contributed by atoms with E-state index in [1.165, 1.54) is 11.3 Å². The van der Waals surface area contributed by atoms with Crippen LogP contribution in [0.4, 0.5) is 5.69 Å². The van der Waals surface area contributed by atoms with Crippen LogP contribution in [-0.4, -0.2) is 10.9 Å². The van der Waals surface area contributed by atoms with Crippen LogP contribution in [0, 0.1) is 13.8 Å². The molecule has 2 rings (SSSR count). The van der Waals surface area contributed by atoms with Crippen LogP contribution >= 0.6 is 22.9 Å². The van der Waals surface area contributed by atoms with Gasteiger partial charge in [0.25, 0.3) is 5.91 Å². The zero-order valence-electron chi connectivity index (χ0n) is 9.45. The molecule has 0 atom stereocenters. The molecule has 5 heteroatoms. The van der Waals surface area contributed by atoms with Crippen molar-refractivity contribution in [3.8, 4) is 0 Å². The fourth-order valence-corrected chi connectivity index (χ4v) is 2.30. The highest BCUT2D eigenvalue weighted by Gasteiger charge is 2.13. The van der Waals surface area contributed by atoms with Gasteiger partial charge in [0.05, 0.1) is 16.4 Å². The lowest BCUT2D eigenvalue weighted by Gasteiger charge is -2.04. The number of nitrogens with one attached hydrogen (secondary N) is 1. The number of aromatic nitrogens is 1. The van der Waals surface area contributed by atoms with E-state index in [1.54, 1.807) is 12.1 Å². The lowest BCUT2D eigenvalue weighted by Crippen LogP contribution is -2.11. The Hall–Kier alpha value is -1.39. The number of amides is 1. The number of para-hydroxylation sites is 1. The number of halogens is 1. The van der Waals surface area contributed by atoms with E-state index in [9.17, 15) is 4.79 Å². The van der Waals surface area contributed by atoms with E-state index in [-0.39, 0.29) is 5.91 Å². The zero-order chi connectivity index (χ0) is 12.4. The normalized spacial score (nSPS) is 10.3. The predicted octanol–water partition coefficient (Wildman–Crippen LogP) is 3.67. The molecule has 0 radical (unpaired) electrons. The maximum absolute atomic E-state index is 11.9. The van der Waals surface area contributed by atoms with Gasteiger partial charge in [-0.2, -0.15) is 0 Å². The molecule has 0 saturated carbocycles. The Morgan fingerprint density at radius 2 is 2.06 bits per heavy atom. The fraction of sp³-hybridized carbons (Fsp3) is 0.167. The molecule has 1 amide bonds. The Balaban J connectivity index is 2.20. The number of aryl methyl sites for hydroxylation is 2. The molecule has 2 aromatic rings. The van der Waals surface area contributed by atoms with Crippen LogP contribution in [0.25, 0.3) is 0 Å². The molecule has 0 bridgehead atoms. The van der Waals surface area contributed by atoms with Crippen molar-refractivity contribution in [1.82, 2.24) is 4.98 Å². The topological polar surface area (TPSA) is 42.0 Å². The molecule has 0 spiro atoms. The SMILES string of the molecule is Cc1nc(C(=O)Nc2ccccc2Cl)sc1C. The van der Waals surface area contributed by atoms with E-state index in [2.05, 4.69) is 10.3 Å². The quantitative estimate of drug-likeness (QED) is 0.901. The molecule has 3 nitrogen and oxygen atoms in total. The van der Waals surface area contributed by atoms with E-state index in [1.807, 2.05) is 26.0 Å². The molecular formula is C12H11ClN2OS. The molecule has 0 saturated heterocycles. The molecule has 1 heterocycles. The van der Waals surface area contributed by atoms with E-state index in [4.69, 9.17) is 11.6 Å². The van der Waals surface area contributed by atoms with Crippen molar-refractivity contribution in [3.63, 3.8) is 0 Å². The average molecular weight is 267 g/mol. The maximum Gasteiger partial charge on any atom is 0.284 e. The summed E-state index contributed by atoms with van der Waals surface area (Å²) < 4.78 is 0. The van der Waals surface area contributed by atoms with Crippen LogP contribution in [-0.2, 0) is 0 Å². The minimum atomic E-state index is -0.223. The highest BCUT2D eigenvalue weighted by atomic mass is 35.5. The van der Waals surface area contributed by atoms with Gasteiger partial charge in [0, 0.05) is 4.88 Å². The van der Waals surface area contributed by atoms with Gasteiger partial charge in [-0.3, -0.25) is 4.79 Å². The summed E-state index contributed by atoms with van der Waals surface area (Å²) in [4.78, 5) is 17.2. The van der Waals surface area contributed by atoms with Gasteiger partial charge in [0.2, 0.25) is 0 Å². The summed E-state index contributed by atoms with van der Waals surface area (Å²) >= 11 is 7.34. The number of hydrogen-bond acceptors (Lipinski definition) is 3. The number of carbonyl (C=O) groups is 1. The highest BCUT2D eigenvalue weighted by Crippen LogP contribution is 2.22. The number of thiazole rings is 1. The Morgan fingerprint density at radius 1 is 1.35 bits per heavy atom. The summed E-state index contributed by atoms with van der Waals surface area (Å²) in [6, 6.07) is 7.12. The van der Waals surface area contributed by atoms with Gasteiger partial charge >= 0.3 is 0 Å². The second kappa shape index (κ2) is 4.85. The smallest absolute Gasteiger partial charge is 0.284 e. The van der Waals surface area contributed by atoms with Crippen molar-refractivity contribution < 1.29 is 4.79 Å². The first-order chi connectivity index (χ1) is 8.08. The van der Waals surface area contributed by atoms with Crippen molar-refractivity contribution in [3.05, 3.63) is 44.9 Å². The largest absolute Gasteiger partial charge is 0.319 e. The van der Waals surface area contributed by atoms with Gasteiger partial charge in [0.15, 0.2) is 5.01 Å². The van der Waals surface area contributed by atoms with Crippen LogP contribution in [0.15, 0.2) is 24.3 Å². The maximum atomic E-state index is 11.9. The molecule has 17 heavy (non-hydrogen) atoms. The molecular weight excluding hydrogens is 256 g/mol. The first kappa shape index (κ1) is 12.1.